The van der Waals surface area contributed by atoms with Crippen LogP contribution in [0.5, 0.6) is 0 Å². The fraction of sp³-hybridized carbons (Fsp3) is 0.692. The molecule has 1 nitrogen and oxygen atoms in total. The molecule has 90 valence electrons. The van der Waals surface area contributed by atoms with Crippen molar-refractivity contribution in [2.75, 3.05) is 18.6 Å². The van der Waals surface area contributed by atoms with Gasteiger partial charge in [0.05, 0.1) is 0 Å². The zero-order valence-electron chi connectivity index (χ0n) is 10.1. The Kier molecular flexibility index (Phi) is 4.74. The van der Waals surface area contributed by atoms with Gasteiger partial charge in [0.15, 0.2) is 0 Å². The topological polar surface area (TPSA) is 12.0 Å². The third-order valence-electron chi connectivity index (χ3n) is 3.08. The van der Waals surface area contributed by atoms with Crippen LogP contribution in [0, 0.1) is 11.8 Å². The van der Waals surface area contributed by atoms with Crippen LogP contribution in [-0.4, -0.2) is 18.6 Å². The molecule has 1 saturated carbocycles. The van der Waals surface area contributed by atoms with Crippen molar-refractivity contribution in [2.45, 2.75) is 25.8 Å². The van der Waals surface area contributed by atoms with E-state index in [-0.39, 0.29) is 0 Å². The first kappa shape index (κ1) is 12.5. The summed E-state index contributed by atoms with van der Waals surface area (Å²) in [7, 11) is 0. The minimum atomic E-state index is 0.629. The van der Waals surface area contributed by atoms with Gasteiger partial charge in [0.1, 0.15) is 0 Å². The average Bonchev–Trinajstić information content (AvgIpc) is 2.94. The Hall–Kier alpha value is 0.01000. The monoisotopic (exact) mass is 255 g/mol. The fourth-order valence-electron chi connectivity index (χ4n) is 2.07. The maximum atomic E-state index is 3.77. The van der Waals surface area contributed by atoms with Gasteiger partial charge in [-0.1, -0.05) is 13.0 Å². The Balaban J connectivity index is 1.84. The molecule has 0 aliphatic heterocycles. The van der Waals surface area contributed by atoms with Gasteiger partial charge < -0.3 is 5.32 Å². The zero-order valence-corrected chi connectivity index (χ0v) is 11.7. The highest BCUT2D eigenvalue weighted by Gasteiger charge is 2.32. The number of nitrogens with one attached hydrogen (secondary N) is 1. The third kappa shape index (κ3) is 3.51. The molecule has 1 aliphatic carbocycles. The van der Waals surface area contributed by atoms with Crippen molar-refractivity contribution in [1.82, 2.24) is 5.32 Å². The second-order valence-electron chi connectivity index (χ2n) is 4.80. The Bertz CT molecular complexity index is 293. The molecule has 1 N–H and O–H groups in total. The van der Waals surface area contributed by atoms with Crippen LogP contribution in [-0.2, 0) is 0 Å². The lowest BCUT2D eigenvalue weighted by Crippen LogP contribution is -2.28. The predicted molar refractivity (Wildman–Crippen MR) is 75.3 cm³/mol. The molecule has 1 aliphatic rings. The van der Waals surface area contributed by atoms with E-state index < -0.39 is 0 Å². The molecule has 2 unspecified atom stereocenters. The zero-order chi connectivity index (χ0) is 11.4. The van der Waals surface area contributed by atoms with Gasteiger partial charge in [-0.3, -0.25) is 0 Å². The van der Waals surface area contributed by atoms with Crippen LogP contribution in [0.1, 0.15) is 30.7 Å². The Morgan fingerprint density at radius 1 is 1.56 bits per heavy atom. The van der Waals surface area contributed by atoms with Crippen LogP contribution >= 0.6 is 23.1 Å². The average molecular weight is 255 g/mol. The van der Waals surface area contributed by atoms with Crippen molar-refractivity contribution < 1.29 is 0 Å². The molecule has 1 aromatic rings. The molecule has 0 amide bonds. The maximum Gasteiger partial charge on any atom is 0.0443 e. The van der Waals surface area contributed by atoms with E-state index in [1.807, 2.05) is 23.1 Å². The van der Waals surface area contributed by atoms with Crippen molar-refractivity contribution in [2.24, 2.45) is 11.8 Å². The molecule has 3 heteroatoms. The van der Waals surface area contributed by atoms with E-state index in [0.717, 1.165) is 18.4 Å². The van der Waals surface area contributed by atoms with Crippen molar-refractivity contribution in [1.29, 1.82) is 0 Å². The summed E-state index contributed by atoms with van der Waals surface area (Å²) in [5.74, 6) is 2.94. The summed E-state index contributed by atoms with van der Waals surface area (Å²) < 4.78 is 0. The number of thioether (sulfide) groups is 1. The van der Waals surface area contributed by atoms with Crippen LogP contribution < -0.4 is 5.32 Å². The summed E-state index contributed by atoms with van der Waals surface area (Å²) in [5.41, 5.74) is 0. The summed E-state index contributed by atoms with van der Waals surface area (Å²) in [4.78, 5) is 1.53. The van der Waals surface area contributed by atoms with E-state index in [1.165, 1.54) is 23.5 Å². The molecule has 16 heavy (non-hydrogen) atoms. The molecule has 1 fully saturated rings. The van der Waals surface area contributed by atoms with E-state index in [1.54, 1.807) is 0 Å². The standard InChI is InChI=1S/C13H21NS2/c1-10(9-15-2)8-14-13(11-5-6-11)12-4-3-7-16-12/h3-4,7,10-11,13-14H,5-6,8-9H2,1-2H3. The molecule has 1 heterocycles. The number of hydrogen-bond donors (Lipinski definition) is 1. The highest BCUT2D eigenvalue weighted by Crippen LogP contribution is 2.42. The lowest BCUT2D eigenvalue weighted by molar-refractivity contribution is 0.447. The molecule has 0 radical (unpaired) electrons. The van der Waals surface area contributed by atoms with E-state index in [2.05, 4.69) is 36.0 Å². The van der Waals surface area contributed by atoms with Gasteiger partial charge in [-0.25, -0.2) is 0 Å². The second kappa shape index (κ2) is 6.08. The normalized spacial score (nSPS) is 19.6. The van der Waals surface area contributed by atoms with E-state index in [4.69, 9.17) is 0 Å². The molecule has 0 bridgehead atoms. The van der Waals surface area contributed by atoms with Crippen LogP contribution in [0.25, 0.3) is 0 Å². The summed E-state index contributed by atoms with van der Waals surface area (Å²) in [6.07, 6.45) is 5.01. The van der Waals surface area contributed by atoms with Crippen molar-refractivity contribution >= 4 is 23.1 Å². The number of thiophene rings is 1. The lowest BCUT2D eigenvalue weighted by atomic mass is 10.1. The minimum absolute atomic E-state index is 0.629. The molecule has 1 aromatic heterocycles. The van der Waals surface area contributed by atoms with E-state index >= 15 is 0 Å². The molecular formula is C13H21NS2. The number of rotatable bonds is 7. The smallest absolute Gasteiger partial charge is 0.0443 e. The molecule has 0 aromatic carbocycles. The van der Waals surface area contributed by atoms with Gasteiger partial charge in [-0.15, -0.1) is 11.3 Å². The molecule has 2 atom stereocenters. The SMILES string of the molecule is CSCC(C)CNC(c1cccs1)C1CC1. The lowest BCUT2D eigenvalue weighted by Gasteiger charge is -2.19. The predicted octanol–water partition coefficient (Wildman–Crippen LogP) is 3.79. The van der Waals surface area contributed by atoms with Crippen LogP contribution in [0.2, 0.25) is 0 Å². The third-order valence-corrected chi connectivity index (χ3v) is 4.94. The number of hydrogen-bond acceptors (Lipinski definition) is 3. The molecule has 2 rings (SSSR count). The highest BCUT2D eigenvalue weighted by molar-refractivity contribution is 7.98. The van der Waals surface area contributed by atoms with Crippen molar-refractivity contribution in [3.05, 3.63) is 22.4 Å². The first-order valence-electron chi connectivity index (χ1n) is 6.07. The summed E-state index contributed by atoms with van der Waals surface area (Å²) in [6, 6.07) is 5.08. The van der Waals surface area contributed by atoms with Crippen LogP contribution in [0.15, 0.2) is 17.5 Å². The fourth-order valence-corrected chi connectivity index (χ4v) is 3.65. The summed E-state index contributed by atoms with van der Waals surface area (Å²) >= 11 is 3.84. The van der Waals surface area contributed by atoms with Gasteiger partial charge in [0.25, 0.3) is 0 Å². The van der Waals surface area contributed by atoms with E-state index in [9.17, 15) is 0 Å². The first-order chi connectivity index (χ1) is 7.81. The van der Waals surface area contributed by atoms with Gasteiger partial charge in [-0.05, 0) is 54.7 Å². The second-order valence-corrected chi connectivity index (χ2v) is 6.69. The Labute approximate surface area is 107 Å². The Morgan fingerprint density at radius 3 is 2.94 bits per heavy atom. The Morgan fingerprint density at radius 2 is 2.38 bits per heavy atom. The van der Waals surface area contributed by atoms with Gasteiger partial charge in [0.2, 0.25) is 0 Å². The molecule has 0 spiro atoms. The van der Waals surface area contributed by atoms with Crippen LogP contribution in [0.3, 0.4) is 0 Å². The maximum absolute atomic E-state index is 3.77. The van der Waals surface area contributed by atoms with Crippen molar-refractivity contribution in [3.8, 4) is 0 Å². The largest absolute Gasteiger partial charge is 0.309 e. The minimum Gasteiger partial charge on any atom is -0.309 e. The summed E-state index contributed by atoms with van der Waals surface area (Å²) in [6.45, 7) is 3.49. The molecular weight excluding hydrogens is 234 g/mol. The van der Waals surface area contributed by atoms with Gasteiger partial charge in [0, 0.05) is 10.9 Å². The first-order valence-corrected chi connectivity index (χ1v) is 8.34. The summed E-state index contributed by atoms with van der Waals surface area (Å²) in [5, 5.41) is 5.96. The van der Waals surface area contributed by atoms with E-state index in [0.29, 0.717) is 6.04 Å². The van der Waals surface area contributed by atoms with Crippen molar-refractivity contribution in [3.63, 3.8) is 0 Å². The highest BCUT2D eigenvalue weighted by atomic mass is 32.2. The van der Waals surface area contributed by atoms with Gasteiger partial charge in [-0.2, -0.15) is 11.8 Å². The molecule has 0 saturated heterocycles. The van der Waals surface area contributed by atoms with Gasteiger partial charge >= 0.3 is 0 Å². The quantitative estimate of drug-likeness (QED) is 0.795. The van der Waals surface area contributed by atoms with Crippen LogP contribution in [0.4, 0.5) is 0 Å².